The first-order valence-electron chi connectivity index (χ1n) is 5.42. The SMILES string of the molecule is Ic1ccccc1NCC1CCOCC1. The Morgan fingerprint density at radius 1 is 1.27 bits per heavy atom. The highest BCUT2D eigenvalue weighted by Crippen LogP contribution is 2.20. The molecule has 1 heterocycles. The molecule has 1 N–H and O–H groups in total. The maximum atomic E-state index is 5.35. The number of rotatable bonds is 3. The van der Waals surface area contributed by atoms with Crippen molar-refractivity contribution in [1.29, 1.82) is 0 Å². The molecular formula is C12H16INO. The van der Waals surface area contributed by atoms with Gasteiger partial charge in [-0.2, -0.15) is 0 Å². The lowest BCUT2D eigenvalue weighted by Gasteiger charge is -2.22. The normalized spacial score (nSPS) is 17.7. The fourth-order valence-corrected chi connectivity index (χ4v) is 2.39. The van der Waals surface area contributed by atoms with E-state index in [0.717, 1.165) is 25.7 Å². The van der Waals surface area contributed by atoms with Crippen molar-refractivity contribution in [3.8, 4) is 0 Å². The van der Waals surface area contributed by atoms with Crippen LogP contribution >= 0.6 is 22.6 Å². The summed E-state index contributed by atoms with van der Waals surface area (Å²) in [5.41, 5.74) is 1.25. The molecule has 0 aliphatic carbocycles. The van der Waals surface area contributed by atoms with Crippen LogP contribution in [-0.2, 0) is 4.74 Å². The van der Waals surface area contributed by atoms with E-state index in [4.69, 9.17) is 4.74 Å². The average molecular weight is 317 g/mol. The number of benzene rings is 1. The second-order valence-corrected chi connectivity index (χ2v) is 5.08. The van der Waals surface area contributed by atoms with Crippen LogP contribution in [0.1, 0.15) is 12.8 Å². The number of para-hydroxylation sites is 1. The Balaban J connectivity index is 1.84. The molecule has 3 heteroatoms. The highest BCUT2D eigenvalue weighted by atomic mass is 127. The summed E-state index contributed by atoms with van der Waals surface area (Å²) in [6, 6.07) is 8.42. The van der Waals surface area contributed by atoms with Gasteiger partial charge in [0.1, 0.15) is 0 Å². The minimum absolute atomic E-state index is 0.773. The minimum Gasteiger partial charge on any atom is -0.384 e. The molecule has 0 radical (unpaired) electrons. The second-order valence-electron chi connectivity index (χ2n) is 3.92. The van der Waals surface area contributed by atoms with E-state index < -0.39 is 0 Å². The predicted molar refractivity (Wildman–Crippen MR) is 71.2 cm³/mol. The van der Waals surface area contributed by atoms with Crippen LogP contribution in [0.25, 0.3) is 0 Å². The molecule has 82 valence electrons. The molecule has 0 amide bonds. The van der Waals surface area contributed by atoms with Crippen molar-refractivity contribution >= 4 is 28.3 Å². The molecule has 1 aromatic carbocycles. The zero-order chi connectivity index (χ0) is 10.5. The maximum Gasteiger partial charge on any atom is 0.0475 e. The lowest BCUT2D eigenvalue weighted by Crippen LogP contribution is -2.22. The largest absolute Gasteiger partial charge is 0.384 e. The van der Waals surface area contributed by atoms with Gasteiger partial charge in [0, 0.05) is 29.0 Å². The number of hydrogen-bond donors (Lipinski definition) is 1. The number of hydrogen-bond acceptors (Lipinski definition) is 2. The van der Waals surface area contributed by atoms with E-state index in [1.54, 1.807) is 0 Å². The molecule has 1 fully saturated rings. The van der Waals surface area contributed by atoms with Crippen molar-refractivity contribution in [3.05, 3.63) is 27.8 Å². The van der Waals surface area contributed by atoms with Crippen molar-refractivity contribution in [2.75, 3.05) is 25.1 Å². The average Bonchev–Trinajstić information content (AvgIpc) is 2.29. The van der Waals surface area contributed by atoms with E-state index in [-0.39, 0.29) is 0 Å². The molecule has 1 aliphatic heterocycles. The Hall–Kier alpha value is -0.290. The zero-order valence-corrected chi connectivity index (χ0v) is 10.9. The van der Waals surface area contributed by atoms with Gasteiger partial charge < -0.3 is 10.1 Å². The number of nitrogens with one attached hydrogen (secondary N) is 1. The van der Waals surface area contributed by atoms with Crippen LogP contribution in [0.5, 0.6) is 0 Å². The summed E-state index contributed by atoms with van der Waals surface area (Å²) < 4.78 is 6.64. The van der Waals surface area contributed by atoms with Crippen molar-refractivity contribution < 1.29 is 4.74 Å². The van der Waals surface area contributed by atoms with Gasteiger partial charge in [-0.15, -0.1) is 0 Å². The second kappa shape index (κ2) is 5.70. The van der Waals surface area contributed by atoms with Gasteiger partial charge in [0.25, 0.3) is 0 Å². The molecule has 15 heavy (non-hydrogen) atoms. The van der Waals surface area contributed by atoms with E-state index in [2.05, 4.69) is 52.2 Å². The molecule has 2 nitrogen and oxygen atoms in total. The Morgan fingerprint density at radius 3 is 2.73 bits per heavy atom. The van der Waals surface area contributed by atoms with Crippen molar-refractivity contribution in [3.63, 3.8) is 0 Å². The van der Waals surface area contributed by atoms with E-state index in [1.807, 2.05) is 0 Å². The smallest absolute Gasteiger partial charge is 0.0475 e. The van der Waals surface area contributed by atoms with E-state index >= 15 is 0 Å². The van der Waals surface area contributed by atoms with Gasteiger partial charge in [-0.3, -0.25) is 0 Å². The summed E-state index contributed by atoms with van der Waals surface area (Å²) in [6.07, 6.45) is 2.38. The van der Waals surface area contributed by atoms with Crippen molar-refractivity contribution in [2.45, 2.75) is 12.8 Å². The summed E-state index contributed by atoms with van der Waals surface area (Å²) >= 11 is 2.37. The summed E-state index contributed by atoms with van der Waals surface area (Å²) in [4.78, 5) is 0. The first kappa shape index (κ1) is 11.2. The summed E-state index contributed by atoms with van der Waals surface area (Å²) in [6.45, 7) is 2.93. The molecule has 1 aliphatic rings. The molecule has 1 aromatic rings. The van der Waals surface area contributed by atoms with Crippen LogP contribution in [0.2, 0.25) is 0 Å². The molecule has 0 bridgehead atoms. The fraction of sp³-hybridized carbons (Fsp3) is 0.500. The topological polar surface area (TPSA) is 21.3 Å². The lowest BCUT2D eigenvalue weighted by atomic mass is 10.0. The fourth-order valence-electron chi connectivity index (χ4n) is 1.81. The highest BCUT2D eigenvalue weighted by molar-refractivity contribution is 14.1. The van der Waals surface area contributed by atoms with E-state index in [0.29, 0.717) is 0 Å². The highest BCUT2D eigenvalue weighted by Gasteiger charge is 2.13. The standard InChI is InChI=1S/C12H16INO/c13-11-3-1-2-4-12(11)14-9-10-5-7-15-8-6-10/h1-4,10,14H,5-9H2. The van der Waals surface area contributed by atoms with Crippen LogP contribution < -0.4 is 5.32 Å². The van der Waals surface area contributed by atoms with Gasteiger partial charge in [0.2, 0.25) is 0 Å². The molecular weight excluding hydrogens is 301 g/mol. The number of anilines is 1. The minimum atomic E-state index is 0.773. The first-order valence-corrected chi connectivity index (χ1v) is 6.50. The van der Waals surface area contributed by atoms with Crippen LogP contribution in [0.15, 0.2) is 24.3 Å². The molecule has 0 spiro atoms. The summed E-state index contributed by atoms with van der Waals surface area (Å²) in [7, 11) is 0. The first-order chi connectivity index (χ1) is 7.36. The van der Waals surface area contributed by atoms with Gasteiger partial charge in [-0.1, -0.05) is 12.1 Å². The third-order valence-corrected chi connectivity index (χ3v) is 3.74. The van der Waals surface area contributed by atoms with Gasteiger partial charge in [-0.25, -0.2) is 0 Å². The van der Waals surface area contributed by atoms with E-state index in [1.165, 1.54) is 22.1 Å². The van der Waals surface area contributed by atoms with Gasteiger partial charge in [-0.05, 0) is 53.5 Å². The molecule has 2 rings (SSSR count). The van der Waals surface area contributed by atoms with Crippen LogP contribution in [0, 0.1) is 9.49 Å². The predicted octanol–water partition coefficient (Wildman–Crippen LogP) is 3.13. The summed E-state index contributed by atoms with van der Waals surface area (Å²) in [5, 5.41) is 3.52. The molecule has 0 aromatic heterocycles. The van der Waals surface area contributed by atoms with Gasteiger partial charge in [0.15, 0.2) is 0 Å². The van der Waals surface area contributed by atoms with Crippen molar-refractivity contribution in [1.82, 2.24) is 0 Å². The molecule has 0 atom stereocenters. The molecule has 0 unspecified atom stereocenters. The van der Waals surface area contributed by atoms with Gasteiger partial charge in [0.05, 0.1) is 0 Å². The Labute approximate surface area is 105 Å². The number of halogens is 1. The molecule has 0 saturated carbocycles. The van der Waals surface area contributed by atoms with Crippen molar-refractivity contribution in [2.24, 2.45) is 5.92 Å². The Kier molecular flexibility index (Phi) is 4.26. The maximum absolute atomic E-state index is 5.35. The van der Waals surface area contributed by atoms with Crippen LogP contribution in [-0.4, -0.2) is 19.8 Å². The Bertz CT molecular complexity index is 310. The number of ether oxygens (including phenoxy) is 1. The van der Waals surface area contributed by atoms with Crippen LogP contribution in [0.4, 0.5) is 5.69 Å². The van der Waals surface area contributed by atoms with Gasteiger partial charge >= 0.3 is 0 Å². The summed E-state index contributed by atoms with van der Waals surface area (Å²) in [5.74, 6) is 0.773. The van der Waals surface area contributed by atoms with E-state index in [9.17, 15) is 0 Å². The molecule has 1 saturated heterocycles. The lowest BCUT2D eigenvalue weighted by molar-refractivity contribution is 0.0699. The van der Waals surface area contributed by atoms with Crippen LogP contribution in [0.3, 0.4) is 0 Å². The Morgan fingerprint density at radius 2 is 2.00 bits per heavy atom. The third-order valence-electron chi connectivity index (χ3n) is 2.80. The zero-order valence-electron chi connectivity index (χ0n) is 8.71. The monoisotopic (exact) mass is 317 g/mol. The quantitative estimate of drug-likeness (QED) is 0.865. The third kappa shape index (κ3) is 3.34.